The molecule has 2 aromatic carbocycles. The summed E-state index contributed by atoms with van der Waals surface area (Å²) in [5, 5.41) is 8.49. The molecule has 0 bridgehead atoms. The Morgan fingerprint density at radius 1 is 0.879 bits per heavy atom. The highest BCUT2D eigenvalue weighted by Gasteiger charge is 2.16. The predicted molar refractivity (Wildman–Crippen MR) is 134 cm³/mol. The fourth-order valence-electron chi connectivity index (χ4n) is 4.09. The number of hydrogen-bond donors (Lipinski definition) is 1. The van der Waals surface area contributed by atoms with E-state index in [2.05, 4.69) is 56.5 Å². The molecule has 8 heteroatoms. The Balaban J connectivity index is 1.36. The smallest absolute Gasteiger partial charge is 0.227 e. The molecule has 1 N–H and O–H groups in total. The van der Waals surface area contributed by atoms with Crippen molar-refractivity contribution in [3.05, 3.63) is 72.0 Å². The van der Waals surface area contributed by atoms with Crippen LogP contribution in [-0.4, -0.2) is 57.9 Å². The number of nitrogens with zero attached hydrogens (tertiary/aromatic N) is 6. The van der Waals surface area contributed by atoms with Gasteiger partial charge in [0.1, 0.15) is 0 Å². The summed E-state index contributed by atoms with van der Waals surface area (Å²) in [4.78, 5) is 14.0. The molecule has 3 heterocycles. The van der Waals surface area contributed by atoms with Crippen LogP contribution in [0.25, 0.3) is 22.5 Å². The molecule has 0 amide bonds. The van der Waals surface area contributed by atoms with E-state index in [1.54, 1.807) is 6.20 Å². The molecular weight excluding hydrogens is 434 g/mol. The van der Waals surface area contributed by atoms with Crippen LogP contribution in [0.5, 0.6) is 0 Å². The molecule has 0 spiro atoms. The van der Waals surface area contributed by atoms with Crippen LogP contribution in [0.4, 0.5) is 17.3 Å². The number of benzene rings is 2. The van der Waals surface area contributed by atoms with Crippen LogP contribution in [0.2, 0.25) is 5.02 Å². The van der Waals surface area contributed by atoms with Gasteiger partial charge in [0.25, 0.3) is 0 Å². The second-order valence-corrected chi connectivity index (χ2v) is 8.70. The van der Waals surface area contributed by atoms with Crippen molar-refractivity contribution < 1.29 is 0 Å². The Morgan fingerprint density at radius 3 is 2.33 bits per heavy atom. The van der Waals surface area contributed by atoms with Gasteiger partial charge < -0.3 is 15.1 Å². The predicted octanol–water partition coefficient (Wildman–Crippen LogP) is 4.69. The maximum absolute atomic E-state index is 6.07. The average molecular weight is 460 g/mol. The van der Waals surface area contributed by atoms with E-state index in [0.29, 0.717) is 11.0 Å². The molecule has 0 saturated carbocycles. The molecule has 1 aliphatic rings. The summed E-state index contributed by atoms with van der Waals surface area (Å²) in [5.41, 5.74) is 5.95. The summed E-state index contributed by atoms with van der Waals surface area (Å²) in [6.45, 7) is 4.28. The highest BCUT2D eigenvalue weighted by atomic mass is 35.5. The van der Waals surface area contributed by atoms with Gasteiger partial charge in [0, 0.05) is 66.9 Å². The van der Waals surface area contributed by atoms with Crippen molar-refractivity contribution in [1.82, 2.24) is 24.6 Å². The van der Waals surface area contributed by atoms with E-state index < -0.39 is 0 Å². The summed E-state index contributed by atoms with van der Waals surface area (Å²) in [5.74, 6) is 0.547. The number of hydrogen-bond acceptors (Lipinski definition) is 6. The van der Waals surface area contributed by atoms with E-state index in [-0.39, 0.29) is 0 Å². The average Bonchev–Trinajstić information content (AvgIpc) is 3.22. The van der Waals surface area contributed by atoms with E-state index in [1.165, 1.54) is 5.69 Å². The lowest BCUT2D eigenvalue weighted by atomic mass is 10.1. The Morgan fingerprint density at radius 2 is 1.61 bits per heavy atom. The number of nitrogens with one attached hydrogen (secondary N) is 1. The first-order valence-electron chi connectivity index (χ1n) is 11.0. The first-order chi connectivity index (χ1) is 16.1. The van der Waals surface area contributed by atoms with Gasteiger partial charge in [-0.15, -0.1) is 0 Å². The van der Waals surface area contributed by atoms with Crippen molar-refractivity contribution in [3.8, 4) is 22.5 Å². The number of anilines is 3. The van der Waals surface area contributed by atoms with Crippen molar-refractivity contribution in [2.75, 3.05) is 43.4 Å². The summed E-state index contributed by atoms with van der Waals surface area (Å²) in [6, 6.07) is 18.1. The minimum Gasteiger partial charge on any atom is -0.369 e. The SMILES string of the molecule is CN1CCN(c2ccc(Nc3nccc(-c4cnn(C)c4-c4ccc(Cl)cc4)n3)cc2)CC1. The molecule has 168 valence electrons. The lowest BCUT2D eigenvalue weighted by molar-refractivity contribution is 0.313. The second-order valence-electron chi connectivity index (χ2n) is 8.27. The van der Waals surface area contributed by atoms with Crippen LogP contribution < -0.4 is 10.2 Å². The molecule has 7 nitrogen and oxygen atoms in total. The van der Waals surface area contributed by atoms with E-state index in [9.17, 15) is 0 Å². The summed E-state index contributed by atoms with van der Waals surface area (Å²) >= 11 is 6.07. The lowest BCUT2D eigenvalue weighted by Gasteiger charge is -2.34. The minimum absolute atomic E-state index is 0.547. The molecule has 0 unspecified atom stereocenters. The summed E-state index contributed by atoms with van der Waals surface area (Å²) in [6.07, 6.45) is 3.60. The summed E-state index contributed by atoms with van der Waals surface area (Å²) in [7, 11) is 4.10. The molecule has 1 saturated heterocycles. The van der Waals surface area contributed by atoms with Gasteiger partial charge in [0.2, 0.25) is 5.95 Å². The molecule has 4 aromatic rings. The van der Waals surface area contributed by atoms with Gasteiger partial charge in [-0.25, -0.2) is 9.97 Å². The zero-order chi connectivity index (χ0) is 22.8. The third-order valence-electron chi connectivity index (χ3n) is 5.98. The second kappa shape index (κ2) is 9.21. The van der Waals surface area contributed by atoms with Gasteiger partial charge in [0.15, 0.2) is 0 Å². The van der Waals surface area contributed by atoms with Crippen LogP contribution in [-0.2, 0) is 7.05 Å². The van der Waals surface area contributed by atoms with Crippen LogP contribution in [0, 0.1) is 0 Å². The molecule has 2 aromatic heterocycles. The van der Waals surface area contributed by atoms with Gasteiger partial charge in [-0.2, -0.15) is 5.10 Å². The van der Waals surface area contributed by atoms with Crippen molar-refractivity contribution in [2.45, 2.75) is 0 Å². The molecule has 0 aliphatic carbocycles. The topological polar surface area (TPSA) is 62.1 Å². The molecule has 1 fully saturated rings. The standard InChI is InChI=1S/C25H26ClN7/c1-31-13-15-33(16-14-31)21-9-7-20(8-10-21)29-25-27-12-11-23(30-25)22-17-28-32(2)24(22)18-3-5-19(26)6-4-18/h3-12,17H,13-16H2,1-2H3,(H,27,29,30). The lowest BCUT2D eigenvalue weighted by Crippen LogP contribution is -2.44. The molecule has 0 radical (unpaired) electrons. The molecule has 0 atom stereocenters. The van der Waals surface area contributed by atoms with E-state index >= 15 is 0 Å². The van der Waals surface area contributed by atoms with Crippen molar-refractivity contribution >= 4 is 28.9 Å². The fourth-order valence-corrected chi connectivity index (χ4v) is 4.22. The van der Waals surface area contributed by atoms with Crippen molar-refractivity contribution in [3.63, 3.8) is 0 Å². The van der Waals surface area contributed by atoms with Crippen LogP contribution in [0.1, 0.15) is 0 Å². The van der Waals surface area contributed by atoms with Gasteiger partial charge in [-0.3, -0.25) is 4.68 Å². The largest absolute Gasteiger partial charge is 0.369 e. The molecule has 1 aliphatic heterocycles. The van der Waals surface area contributed by atoms with Crippen LogP contribution in [0.15, 0.2) is 67.0 Å². The highest BCUT2D eigenvalue weighted by molar-refractivity contribution is 6.30. The number of aromatic nitrogens is 4. The van der Waals surface area contributed by atoms with Crippen molar-refractivity contribution in [2.24, 2.45) is 7.05 Å². The number of piperazine rings is 1. The Labute approximate surface area is 198 Å². The fraction of sp³-hybridized carbons (Fsp3) is 0.240. The number of halogens is 1. The van der Waals surface area contributed by atoms with Gasteiger partial charge in [0.05, 0.1) is 17.6 Å². The maximum atomic E-state index is 6.07. The zero-order valence-corrected chi connectivity index (χ0v) is 19.5. The first kappa shape index (κ1) is 21.4. The molecular formula is C25H26ClN7. The van der Waals surface area contributed by atoms with Gasteiger partial charge in [-0.1, -0.05) is 23.7 Å². The van der Waals surface area contributed by atoms with Crippen molar-refractivity contribution in [1.29, 1.82) is 0 Å². The van der Waals surface area contributed by atoms with Gasteiger partial charge >= 0.3 is 0 Å². The first-order valence-corrected chi connectivity index (χ1v) is 11.4. The zero-order valence-electron chi connectivity index (χ0n) is 18.7. The van der Waals surface area contributed by atoms with E-state index in [4.69, 9.17) is 16.6 Å². The van der Waals surface area contributed by atoms with Crippen LogP contribution in [0.3, 0.4) is 0 Å². The normalized spacial score (nSPS) is 14.5. The van der Waals surface area contributed by atoms with Gasteiger partial charge in [-0.05, 0) is 49.5 Å². The monoisotopic (exact) mass is 459 g/mol. The Kier molecular flexibility index (Phi) is 5.98. The number of rotatable bonds is 5. The third kappa shape index (κ3) is 4.69. The van der Waals surface area contributed by atoms with Crippen LogP contribution >= 0.6 is 11.6 Å². The number of aryl methyl sites for hydroxylation is 1. The summed E-state index contributed by atoms with van der Waals surface area (Å²) < 4.78 is 1.85. The molecule has 5 rings (SSSR count). The quantitative estimate of drug-likeness (QED) is 0.467. The Hall–Kier alpha value is -3.42. The van der Waals surface area contributed by atoms with E-state index in [0.717, 1.165) is 54.4 Å². The minimum atomic E-state index is 0.547. The third-order valence-corrected chi connectivity index (χ3v) is 6.23. The highest BCUT2D eigenvalue weighted by Crippen LogP contribution is 2.32. The maximum Gasteiger partial charge on any atom is 0.227 e. The molecule has 33 heavy (non-hydrogen) atoms. The van der Waals surface area contributed by atoms with E-state index in [1.807, 2.05) is 48.3 Å². The Bertz CT molecular complexity index is 1230. The number of likely N-dealkylation sites (N-methyl/N-ethyl adjacent to an activating group) is 1.